The lowest BCUT2D eigenvalue weighted by molar-refractivity contribution is 0.0939. The van der Waals surface area contributed by atoms with Gasteiger partial charge in [-0.1, -0.05) is 18.2 Å². The third-order valence-electron chi connectivity index (χ3n) is 4.19. The Morgan fingerprint density at radius 1 is 1.22 bits per heavy atom. The van der Waals surface area contributed by atoms with Crippen molar-refractivity contribution in [3.05, 3.63) is 65.6 Å². The van der Waals surface area contributed by atoms with Gasteiger partial charge in [-0.05, 0) is 44.0 Å². The van der Waals surface area contributed by atoms with Crippen LogP contribution in [0.3, 0.4) is 0 Å². The van der Waals surface area contributed by atoms with E-state index in [1.54, 1.807) is 12.1 Å². The quantitative estimate of drug-likeness (QED) is 0.589. The van der Waals surface area contributed by atoms with E-state index in [-0.39, 0.29) is 5.91 Å². The Balaban J connectivity index is 1.63. The summed E-state index contributed by atoms with van der Waals surface area (Å²) in [5.41, 5.74) is 3.36. The number of imidazole rings is 1. The summed E-state index contributed by atoms with van der Waals surface area (Å²) in [6, 6.07) is 11.3. The van der Waals surface area contributed by atoms with Crippen molar-refractivity contribution in [2.75, 3.05) is 19.8 Å². The number of amides is 1. The molecule has 1 aromatic carbocycles. The van der Waals surface area contributed by atoms with Crippen molar-refractivity contribution in [2.24, 2.45) is 0 Å². The minimum absolute atomic E-state index is 0.145. The molecule has 142 valence electrons. The molecule has 0 aliphatic carbocycles. The molecule has 27 heavy (non-hydrogen) atoms. The molecule has 6 nitrogen and oxygen atoms in total. The molecule has 0 saturated heterocycles. The molecular formula is C21H25N3O3. The molecule has 0 spiro atoms. The van der Waals surface area contributed by atoms with Gasteiger partial charge in [0.05, 0.1) is 11.3 Å². The topological polar surface area (TPSA) is 64.9 Å². The number of nitrogens with zero attached hydrogens (tertiary/aromatic N) is 2. The molecule has 0 radical (unpaired) electrons. The highest BCUT2D eigenvalue weighted by molar-refractivity contribution is 5.96. The highest BCUT2D eigenvalue weighted by Crippen LogP contribution is 2.20. The maximum absolute atomic E-state index is 12.4. The third-order valence-corrected chi connectivity index (χ3v) is 4.19. The Hall–Kier alpha value is -2.86. The van der Waals surface area contributed by atoms with Crippen LogP contribution in [-0.4, -0.2) is 35.1 Å². The Kier molecular flexibility index (Phi) is 6.44. The van der Waals surface area contributed by atoms with Gasteiger partial charge < -0.3 is 19.2 Å². The number of hydrogen-bond acceptors (Lipinski definition) is 4. The van der Waals surface area contributed by atoms with Crippen LogP contribution < -0.4 is 10.1 Å². The van der Waals surface area contributed by atoms with E-state index in [0.717, 1.165) is 23.3 Å². The van der Waals surface area contributed by atoms with E-state index in [9.17, 15) is 4.79 Å². The third kappa shape index (κ3) is 4.86. The average molecular weight is 367 g/mol. The summed E-state index contributed by atoms with van der Waals surface area (Å²) in [7, 11) is 0. The van der Waals surface area contributed by atoms with Gasteiger partial charge >= 0.3 is 0 Å². The van der Waals surface area contributed by atoms with Gasteiger partial charge in [0.2, 0.25) is 0 Å². The first-order valence-electron chi connectivity index (χ1n) is 9.20. The summed E-state index contributed by atoms with van der Waals surface area (Å²) in [5.74, 6) is 0.404. The van der Waals surface area contributed by atoms with Crippen molar-refractivity contribution in [2.45, 2.75) is 26.9 Å². The first-order valence-corrected chi connectivity index (χ1v) is 9.20. The van der Waals surface area contributed by atoms with Crippen molar-refractivity contribution in [3.8, 4) is 5.75 Å². The van der Waals surface area contributed by atoms with Crippen LogP contribution in [0.25, 0.3) is 5.65 Å². The largest absolute Gasteiger partial charge is 0.486 e. The fourth-order valence-corrected chi connectivity index (χ4v) is 2.82. The number of aryl methyl sites for hydroxylation is 1. The molecule has 0 bridgehead atoms. The summed E-state index contributed by atoms with van der Waals surface area (Å²) in [6.07, 6.45) is 4.68. The van der Waals surface area contributed by atoms with E-state index in [2.05, 4.69) is 10.3 Å². The molecule has 0 saturated carbocycles. The van der Waals surface area contributed by atoms with E-state index in [1.807, 2.05) is 54.9 Å². The van der Waals surface area contributed by atoms with Crippen molar-refractivity contribution in [3.63, 3.8) is 0 Å². The van der Waals surface area contributed by atoms with Gasteiger partial charge in [-0.15, -0.1) is 0 Å². The molecule has 6 heteroatoms. The molecule has 3 rings (SSSR count). The SMILES string of the molecule is CCOCCCNC(=O)c1ccccc1OCc1cn2cccc(C)c2n1. The summed E-state index contributed by atoms with van der Waals surface area (Å²) in [6.45, 7) is 6.18. The number of rotatable bonds is 9. The summed E-state index contributed by atoms with van der Waals surface area (Å²) in [4.78, 5) is 17.0. The zero-order valence-electron chi connectivity index (χ0n) is 15.8. The molecule has 0 unspecified atom stereocenters. The Morgan fingerprint density at radius 3 is 2.89 bits per heavy atom. The van der Waals surface area contributed by atoms with Gasteiger partial charge in [0.15, 0.2) is 0 Å². The molecule has 0 aliphatic heterocycles. The Morgan fingerprint density at radius 2 is 2.07 bits per heavy atom. The summed E-state index contributed by atoms with van der Waals surface area (Å²) in [5, 5.41) is 2.91. The van der Waals surface area contributed by atoms with Crippen LogP contribution >= 0.6 is 0 Å². The zero-order valence-corrected chi connectivity index (χ0v) is 15.8. The van der Waals surface area contributed by atoms with E-state index in [4.69, 9.17) is 9.47 Å². The number of hydrogen-bond donors (Lipinski definition) is 1. The number of fused-ring (bicyclic) bond motifs is 1. The molecule has 3 aromatic rings. The number of carbonyl (C=O) groups is 1. The first-order chi connectivity index (χ1) is 13.2. The number of ether oxygens (including phenoxy) is 2. The number of benzene rings is 1. The van der Waals surface area contributed by atoms with E-state index < -0.39 is 0 Å². The number of pyridine rings is 1. The van der Waals surface area contributed by atoms with E-state index >= 15 is 0 Å². The van der Waals surface area contributed by atoms with Crippen LogP contribution in [0.1, 0.15) is 35.0 Å². The molecule has 0 aliphatic rings. The lowest BCUT2D eigenvalue weighted by Crippen LogP contribution is -2.25. The van der Waals surface area contributed by atoms with Gasteiger partial charge in [-0.25, -0.2) is 4.98 Å². The van der Waals surface area contributed by atoms with Gasteiger partial charge in [-0.2, -0.15) is 0 Å². The highest BCUT2D eigenvalue weighted by atomic mass is 16.5. The minimum Gasteiger partial charge on any atom is -0.486 e. The van der Waals surface area contributed by atoms with Gasteiger partial charge in [0.1, 0.15) is 18.0 Å². The smallest absolute Gasteiger partial charge is 0.255 e. The minimum atomic E-state index is -0.145. The molecule has 1 amide bonds. The van der Waals surface area contributed by atoms with Crippen LogP contribution in [0, 0.1) is 6.92 Å². The fourth-order valence-electron chi connectivity index (χ4n) is 2.82. The van der Waals surface area contributed by atoms with Crippen LogP contribution in [0.5, 0.6) is 5.75 Å². The van der Waals surface area contributed by atoms with Gasteiger partial charge in [0.25, 0.3) is 5.91 Å². The predicted molar refractivity (Wildman–Crippen MR) is 104 cm³/mol. The monoisotopic (exact) mass is 367 g/mol. The van der Waals surface area contributed by atoms with Crippen LogP contribution in [0.2, 0.25) is 0 Å². The number of nitrogens with one attached hydrogen (secondary N) is 1. The lowest BCUT2D eigenvalue weighted by atomic mass is 10.2. The molecule has 1 N–H and O–H groups in total. The predicted octanol–water partition coefficient (Wildman–Crippen LogP) is 3.38. The second kappa shape index (κ2) is 9.19. The Labute approximate surface area is 159 Å². The van der Waals surface area contributed by atoms with Crippen molar-refractivity contribution < 1.29 is 14.3 Å². The zero-order chi connectivity index (χ0) is 19.1. The van der Waals surface area contributed by atoms with Gasteiger partial charge in [0, 0.05) is 32.2 Å². The summed E-state index contributed by atoms with van der Waals surface area (Å²) >= 11 is 0. The lowest BCUT2D eigenvalue weighted by Gasteiger charge is -2.11. The molecule has 0 fully saturated rings. The highest BCUT2D eigenvalue weighted by Gasteiger charge is 2.12. The first kappa shape index (κ1) is 18.9. The molecular weight excluding hydrogens is 342 g/mol. The number of aromatic nitrogens is 2. The van der Waals surface area contributed by atoms with E-state index in [0.29, 0.717) is 37.7 Å². The molecule has 2 heterocycles. The van der Waals surface area contributed by atoms with Crippen molar-refractivity contribution >= 4 is 11.6 Å². The van der Waals surface area contributed by atoms with E-state index in [1.165, 1.54) is 0 Å². The van der Waals surface area contributed by atoms with Crippen molar-refractivity contribution in [1.82, 2.24) is 14.7 Å². The number of carbonyl (C=O) groups excluding carboxylic acids is 1. The second-order valence-electron chi connectivity index (χ2n) is 6.25. The normalized spacial score (nSPS) is 10.9. The fraction of sp³-hybridized carbons (Fsp3) is 0.333. The Bertz CT molecular complexity index is 905. The average Bonchev–Trinajstić information content (AvgIpc) is 3.11. The summed E-state index contributed by atoms with van der Waals surface area (Å²) < 4.78 is 13.2. The molecule has 0 atom stereocenters. The van der Waals surface area contributed by atoms with Crippen LogP contribution in [0.4, 0.5) is 0 Å². The molecule has 2 aromatic heterocycles. The standard InChI is InChI=1S/C21H25N3O3/c1-3-26-13-7-11-22-21(25)18-9-4-5-10-19(18)27-15-17-14-24-12-6-8-16(2)20(24)23-17/h4-6,8-10,12,14H,3,7,11,13,15H2,1-2H3,(H,22,25). The van der Waals surface area contributed by atoms with Crippen LogP contribution in [-0.2, 0) is 11.3 Å². The maximum atomic E-state index is 12.4. The van der Waals surface area contributed by atoms with Gasteiger partial charge in [-0.3, -0.25) is 4.79 Å². The van der Waals surface area contributed by atoms with Crippen molar-refractivity contribution in [1.29, 1.82) is 0 Å². The second-order valence-corrected chi connectivity index (χ2v) is 6.25. The maximum Gasteiger partial charge on any atom is 0.255 e. The number of para-hydroxylation sites is 1. The van der Waals surface area contributed by atoms with Crippen LogP contribution in [0.15, 0.2) is 48.8 Å².